The Hall–Kier alpha value is -3.64. The van der Waals surface area contributed by atoms with E-state index in [2.05, 4.69) is 42.2 Å². The molecule has 38 heavy (non-hydrogen) atoms. The standard InChI is InChI=1S/C26H32BrN5O6/c1-26(2,3)16-4-14(5-17(27)8-16)21(10-23(36)37)32-22(35)13-28-24(38)15-6-18(9-19(33)7-15)31-25-29-11-20(34)12-30-25/h4-9,20-21,33-34H,10-13H2,1-3H3,(H,28,38)(H,32,35)(H,36,37)(H2,29,30,31)/t21-/m0/s1. The number of phenolic OH excluding ortho intramolecular Hbond substituents is 1. The van der Waals surface area contributed by atoms with Gasteiger partial charge in [0.15, 0.2) is 5.96 Å². The van der Waals surface area contributed by atoms with Crippen LogP contribution in [0.15, 0.2) is 45.9 Å². The molecule has 0 fully saturated rings. The molecule has 2 aromatic carbocycles. The molecule has 0 saturated carbocycles. The van der Waals surface area contributed by atoms with E-state index in [9.17, 15) is 29.7 Å². The fourth-order valence-electron chi connectivity index (χ4n) is 3.75. The van der Waals surface area contributed by atoms with Crippen LogP contribution in [0, 0.1) is 0 Å². The van der Waals surface area contributed by atoms with E-state index in [0.717, 1.165) is 10.0 Å². The fraction of sp³-hybridized carbons (Fsp3) is 0.385. The van der Waals surface area contributed by atoms with Crippen LogP contribution in [0.3, 0.4) is 0 Å². The van der Waals surface area contributed by atoms with Gasteiger partial charge in [-0.15, -0.1) is 0 Å². The first-order valence-electron chi connectivity index (χ1n) is 12.0. The van der Waals surface area contributed by atoms with Crippen molar-refractivity contribution in [3.8, 4) is 5.75 Å². The summed E-state index contributed by atoms with van der Waals surface area (Å²) in [5.41, 5.74) is 1.88. The van der Waals surface area contributed by atoms with Gasteiger partial charge < -0.3 is 36.6 Å². The van der Waals surface area contributed by atoms with Gasteiger partial charge in [0.05, 0.1) is 31.7 Å². The molecule has 0 bridgehead atoms. The number of anilines is 1. The number of carbonyl (C=O) groups is 3. The number of nitrogens with zero attached hydrogens (tertiary/aromatic N) is 1. The Labute approximate surface area is 228 Å². The molecule has 0 radical (unpaired) electrons. The molecule has 0 saturated heterocycles. The maximum absolute atomic E-state index is 12.7. The summed E-state index contributed by atoms with van der Waals surface area (Å²) in [5, 5.41) is 40.0. The lowest BCUT2D eigenvalue weighted by Crippen LogP contribution is -2.42. The van der Waals surface area contributed by atoms with E-state index in [1.807, 2.05) is 32.9 Å². The summed E-state index contributed by atoms with van der Waals surface area (Å²) in [4.78, 5) is 41.1. The molecule has 3 rings (SSSR count). The smallest absolute Gasteiger partial charge is 0.305 e. The third-order valence-electron chi connectivity index (χ3n) is 5.72. The van der Waals surface area contributed by atoms with E-state index >= 15 is 0 Å². The topological polar surface area (TPSA) is 172 Å². The molecule has 0 unspecified atom stereocenters. The highest BCUT2D eigenvalue weighted by Gasteiger charge is 2.22. The van der Waals surface area contributed by atoms with Crippen LogP contribution in [0.1, 0.15) is 54.7 Å². The number of halogens is 1. The molecule has 12 heteroatoms. The number of aliphatic hydroxyl groups is 1. The van der Waals surface area contributed by atoms with Crippen LogP contribution in [0.4, 0.5) is 5.69 Å². The van der Waals surface area contributed by atoms with Crippen LogP contribution in [-0.2, 0) is 15.0 Å². The van der Waals surface area contributed by atoms with E-state index in [1.165, 1.54) is 18.2 Å². The van der Waals surface area contributed by atoms with Crippen LogP contribution < -0.4 is 21.3 Å². The largest absolute Gasteiger partial charge is 0.508 e. The Balaban J connectivity index is 1.67. The minimum atomic E-state index is -1.08. The first kappa shape index (κ1) is 28.9. The first-order valence-corrected chi connectivity index (χ1v) is 12.8. The number of carboxylic acids is 1. The molecule has 0 aromatic heterocycles. The van der Waals surface area contributed by atoms with Gasteiger partial charge in [0.25, 0.3) is 5.91 Å². The average molecular weight is 590 g/mol. The molecule has 204 valence electrons. The summed E-state index contributed by atoms with van der Waals surface area (Å²) in [6, 6.07) is 8.89. The highest BCUT2D eigenvalue weighted by atomic mass is 79.9. The number of guanidine groups is 1. The van der Waals surface area contributed by atoms with E-state index in [1.54, 1.807) is 6.07 Å². The number of aromatic hydroxyl groups is 1. The second kappa shape index (κ2) is 12.3. The average Bonchev–Trinajstić information content (AvgIpc) is 2.82. The van der Waals surface area contributed by atoms with Crippen molar-refractivity contribution in [2.24, 2.45) is 4.99 Å². The van der Waals surface area contributed by atoms with Gasteiger partial charge in [-0.3, -0.25) is 19.4 Å². The number of carbonyl (C=O) groups excluding carboxylic acids is 2. The minimum Gasteiger partial charge on any atom is -0.508 e. The van der Waals surface area contributed by atoms with Crippen molar-refractivity contribution in [1.29, 1.82) is 0 Å². The molecular weight excluding hydrogens is 558 g/mol. The Morgan fingerprint density at radius 3 is 2.53 bits per heavy atom. The van der Waals surface area contributed by atoms with Gasteiger partial charge in [-0.1, -0.05) is 42.8 Å². The van der Waals surface area contributed by atoms with Gasteiger partial charge in [0, 0.05) is 28.3 Å². The van der Waals surface area contributed by atoms with Gasteiger partial charge >= 0.3 is 5.97 Å². The van der Waals surface area contributed by atoms with E-state index in [0.29, 0.717) is 23.8 Å². The predicted octanol–water partition coefficient (Wildman–Crippen LogP) is 2.25. The van der Waals surface area contributed by atoms with Crippen LogP contribution >= 0.6 is 15.9 Å². The Kier molecular flexibility index (Phi) is 9.34. The molecular formula is C26H32BrN5O6. The first-order chi connectivity index (χ1) is 17.8. The fourth-order valence-corrected chi connectivity index (χ4v) is 4.26. The Morgan fingerprint density at radius 1 is 1.16 bits per heavy atom. The number of rotatable bonds is 8. The zero-order valence-electron chi connectivity index (χ0n) is 21.3. The monoisotopic (exact) mass is 589 g/mol. The molecule has 2 amide bonds. The Bertz CT molecular complexity index is 1240. The van der Waals surface area contributed by atoms with Gasteiger partial charge in [-0.05, 0) is 40.8 Å². The maximum Gasteiger partial charge on any atom is 0.305 e. The number of aliphatic hydroxyl groups excluding tert-OH is 1. The van der Waals surface area contributed by atoms with Crippen molar-refractivity contribution in [3.63, 3.8) is 0 Å². The molecule has 2 aromatic rings. The highest BCUT2D eigenvalue weighted by Crippen LogP contribution is 2.30. The molecule has 0 spiro atoms. The molecule has 11 nitrogen and oxygen atoms in total. The number of carboxylic acid groups (broad SMARTS) is 1. The summed E-state index contributed by atoms with van der Waals surface area (Å²) in [5.74, 6) is -2.05. The molecule has 1 aliphatic rings. The predicted molar refractivity (Wildman–Crippen MR) is 146 cm³/mol. The number of amides is 2. The number of nitrogens with one attached hydrogen (secondary N) is 4. The number of phenols is 1. The molecule has 7 N–H and O–H groups in total. The van der Waals surface area contributed by atoms with Crippen molar-refractivity contribution in [2.75, 3.05) is 25.0 Å². The number of hydrogen-bond donors (Lipinski definition) is 7. The zero-order chi connectivity index (χ0) is 28.0. The lowest BCUT2D eigenvalue weighted by atomic mass is 9.85. The van der Waals surface area contributed by atoms with Gasteiger partial charge in [0.2, 0.25) is 5.91 Å². The summed E-state index contributed by atoms with van der Waals surface area (Å²) in [6.07, 6.45) is -0.924. The van der Waals surface area contributed by atoms with Crippen molar-refractivity contribution in [2.45, 2.75) is 44.8 Å². The Morgan fingerprint density at radius 2 is 1.89 bits per heavy atom. The van der Waals surface area contributed by atoms with E-state index in [-0.39, 0.29) is 29.7 Å². The lowest BCUT2D eigenvalue weighted by Gasteiger charge is -2.24. The van der Waals surface area contributed by atoms with Crippen LogP contribution in [-0.4, -0.2) is 64.8 Å². The number of hydrogen-bond acceptors (Lipinski definition) is 8. The molecule has 2 atom stereocenters. The summed E-state index contributed by atoms with van der Waals surface area (Å²) < 4.78 is 0.761. The van der Waals surface area contributed by atoms with Gasteiger partial charge in [-0.25, -0.2) is 0 Å². The summed E-state index contributed by atoms with van der Waals surface area (Å²) in [6.45, 7) is 6.23. The highest BCUT2D eigenvalue weighted by molar-refractivity contribution is 9.10. The molecule has 1 heterocycles. The van der Waals surface area contributed by atoms with E-state index < -0.39 is 36.5 Å². The second-order valence-corrected chi connectivity index (χ2v) is 11.0. The second-order valence-electron chi connectivity index (χ2n) is 10.0. The van der Waals surface area contributed by atoms with Crippen molar-refractivity contribution < 1.29 is 29.7 Å². The van der Waals surface area contributed by atoms with Crippen LogP contribution in [0.5, 0.6) is 5.75 Å². The summed E-state index contributed by atoms with van der Waals surface area (Å²) >= 11 is 3.46. The maximum atomic E-state index is 12.7. The number of β-amino-alcohol motifs (C(OH)–C–C–N with tert-alkyl or cyclic N) is 1. The minimum absolute atomic E-state index is 0.0978. The lowest BCUT2D eigenvalue weighted by molar-refractivity contribution is -0.137. The van der Waals surface area contributed by atoms with Crippen molar-refractivity contribution >= 4 is 45.4 Å². The molecule has 0 aliphatic carbocycles. The molecule has 1 aliphatic heterocycles. The number of aliphatic carboxylic acids is 1. The normalized spacial score (nSPS) is 16.0. The third kappa shape index (κ3) is 8.45. The van der Waals surface area contributed by atoms with Crippen molar-refractivity contribution in [3.05, 3.63) is 57.6 Å². The van der Waals surface area contributed by atoms with Gasteiger partial charge in [0.1, 0.15) is 5.75 Å². The SMILES string of the molecule is CC(C)(C)c1cc(Br)cc([C@H](CC(=O)O)NC(=O)CNC(=O)c2cc(O)cc(NC3=NC[C@@H](O)CN3)c2)c1. The zero-order valence-corrected chi connectivity index (χ0v) is 22.9. The number of aliphatic imine (C=N–C) groups is 1. The number of benzene rings is 2. The quantitative estimate of drug-likeness (QED) is 0.245. The van der Waals surface area contributed by atoms with Crippen LogP contribution in [0.25, 0.3) is 0 Å². The van der Waals surface area contributed by atoms with E-state index in [4.69, 9.17) is 0 Å². The van der Waals surface area contributed by atoms with Gasteiger partial charge in [-0.2, -0.15) is 0 Å². The van der Waals surface area contributed by atoms with Crippen molar-refractivity contribution in [1.82, 2.24) is 16.0 Å². The summed E-state index contributed by atoms with van der Waals surface area (Å²) in [7, 11) is 0. The van der Waals surface area contributed by atoms with Crippen LogP contribution in [0.2, 0.25) is 0 Å². The third-order valence-corrected chi connectivity index (χ3v) is 6.18.